The van der Waals surface area contributed by atoms with Crippen LogP contribution in [0.3, 0.4) is 0 Å². The van der Waals surface area contributed by atoms with Crippen LogP contribution < -0.4 is 5.32 Å². The standard InChI is InChI=1S/C15H32N2S/c1-6-15(7-2,11-16-13(3)4)12-17-8-9-18-14(5)10-17/h13-14,16H,6-12H2,1-5H3. The zero-order valence-electron chi connectivity index (χ0n) is 13.0. The van der Waals surface area contributed by atoms with E-state index in [-0.39, 0.29) is 0 Å². The monoisotopic (exact) mass is 272 g/mol. The Bertz CT molecular complexity index is 227. The molecule has 0 amide bonds. The van der Waals surface area contributed by atoms with Crippen LogP contribution in [-0.4, -0.2) is 48.1 Å². The van der Waals surface area contributed by atoms with Gasteiger partial charge in [0.15, 0.2) is 0 Å². The molecule has 1 atom stereocenters. The molecule has 0 aromatic heterocycles. The third-order valence-electron chi connectivity index (χ3n) is 4.27. The van der Waals surface area contributed by atoms with E-state index < -0.39 is 0 Å². The Morgan fingerprint density at radius 2 is 2.00 bits per heavy atom. The molecule has 0 aromatic carbocycles. The Morgan fingerprint density at radius 1 is 1.33 bits per heavy atom. The topological polar surface area (TPSA) is 15.3 Å². The Hall–Kier alpha value is 0.270. The zero-order valence-corrected chi connectivity index (χ0v) is 13.8. The summed E-state index contributed by atoms with van der Waals surface area (Å²) in [5.41, 5.74) is 0.464. The van der Waals surface area contributed by atoms with Crippen LogP contribution in [0, 0.1) is 5.41 Å². The maximum absolute atomic E-state index is 3.66. The minimum atomic E-state index is 0.464. The lowest BCUT2D eigenvalue weighted by Gasteiger charge is -2.40. The lowest BCUT2D eigenvalue weighted by Crippen LogP contribution is -2.48. The highest BCUT2D eigenvalue weighted by Crippen LogP contribution is 2.29. The third-order valence-corrected chi connectivity index (χ3v) is 5.41. The number of hydrogen-bond donors (Lipinski definition) is 1. The normalized spacial score (nSPS) is 22.7. The van der Waals surface area contributed by atoms with Gasteiger partial charge in [-0.25, -0.2) is 0 Å². The van der Waals surface area contributed by atoms with Gasteiger partial charge in [0, 0.05) is 43.2 Å². The highest BCUT2D eigenvalue weighted by atomic mass is 32.2. The molecule has 2 nitrogen and oxygen atoms in total. The molecule has 3 heteroatoms. The predicted octanol–water partition coefficient (Wildman–Crippen LogP) is 3.23. The molecule has 0 spiro atoms. The molecule has 1 saturated heterocycles. The van der Waals surface area contributed by atoms with Crippen LogP contribution in [-0.2, 0) is 0 Å². The summed E-state index contributed by atoms with van der Waals surface area (Å²) in [5, 5.41) is 4.47. The molecule has 0 aliphatic carbocycles. The van der Waals surface area contributed by atoms with E-state index in [1.54, 1.807) is 0 Å². The second-order valence-electron chi connectivity index (χ2n) is 6.16. The molecule has 108 valence electrons. The van der Waals surface area contributed by atoms with E-state index in [1.165, 1.54) is 38.2 Å². The summed E-state index contributed by atoms with van der Waals surface area (Å²) in [7, 11) is 0. The second kappa shape index (κ2) is 7.76. The van der Waals surface area contributed by atoms with Crippen molar-refractivity contribution in [2.45, 2.75) is 58.8 Å². The Labute approximate surface area is 118 Å². The molecule has 1 aliphatic heterocycles. The maximum atomic E-state index is 3.66. The average molecular weight is 273 g/mol. The van der Waals surface area contributed by atoms with Crippen LogP contribution in [0.4, 0.5) is 0 Å². The van der Waals surface area contributed by atoms with Crippen LogP contribution in [0.15, 0.2) is 0 Å². The first-order chi connectivity index (χ1) is 8.51. The first kappa shape index (κ1) is 16.3. The van der Waals surface area contributed by atoms with Gasteiger partial charge >= 0.3 is 0 Å². The predicted molar refractivity (Wildman–Crippen MR) is 84.5 cm³/mol. The molecule has 1 rings (SSSR count). The van der Waals surface area contributed by atoms with E-state index in [0.717, 1.165) is 11.8 Å². The van der Waals surface area contributed by atoms with Crippen molar-refractivity contribution in [2.24, 2.45) is 5.41 Å². The quantitative estimate of drug-likeness (QED) is 0.766. The van der Waals surface area contributed by atoms with Gasteiger partial charge in [0.05, 0.1) is 0 Å². The highest BCUT2D eigenvalue weighted by Gasteiger charge is 2.30. The summed E-state index contributed by atoms with van der Waals surface area (Å²) in [6.07, 6.45) is 2.56. The summed E-state index contributed by atoms with van der Waals surface area (Å²) in [5.74, 6) is 1.31. The fraction of sp³-hybridized carbons (Fsp3) is 1.00. The molecule has 1 heterocycles. The number of nitrogens with zero attached hydrogens (tertiary/aromatic N) is 1. The largest absolute Gasteiger partial charge is 0.314 e. The zero-order chi connectivity index (χ0) is 13.6. The van der Waals surface area contributed by atoms with Crippen molar-refractivity contribution in [3.05, 3.63) is 0 Å². The first-order valence-electron chi connectivity index (χ1n) is 7.58. The second-order valence-corrected chi connectivity index (χ2v) is 7.71. The third kappa shape index (κ3) is 5.10. The number of thioether (sulfide) groups is 1. The highest BCUT2D eigenvalue weighted by molar-refractivity contribution is 7.99. The molecule has 0 radical (unpaired) electrons. The minimum absolute atomic E-state index is 0.464. The van der Waals surface area contributed by atoms with E-state index in [2.05, 4.69) is 56.6 Å². The summed E-state index contributed by atoms with van der Waals surface area (Å²) in [6, 6.07) is 0.596. The van der Waals surface area contributed by atoms with Gasteiger partial charge in [-0.05, 0) is 18.3 Å². The van der Waals surface area contributed by atoms with Crippen molar-refractivity contribution >= 4 is 11.8 Å². The van der Waals surface area contributed by atoms with Crippen molar-refractivity contribution in [3.63, 3.8) is 0 Å². The minimum Gasteiger partial charge on any atom is -0.314 e. The molecule has 18 heavy (non-hydrogen) atoms. The van der Waals surface area contributed by atoms with E-state index in [1.807, 2.05) is 0 Å². The van der Waals surface area contributed by atoms with E-state index in [0.29, 0.717) is 11.5 Å². The molecule has 1 fully saturated rings. The Balaban J connectivity index is 2.54. The number of rotatable bonds is 7. The Morgan fingerprint density at radius 3 is 2.50 bits per heavy atom. The van der Waals surface area contributed by atoms with Crippen molar-refractivity contribution in [2.75, 3.05) is 31.9 Å². The molecular weight excluding hydrogens is 240 g/mol. The van der Waals surface area contributed by atoms with Crippen molar-refractivity contribution in [1.82, 2.24) is 10.2 Å². The summed E-state index contributed by atoms with van der Waals surface area (Å²) < 4.78 is 0. The van der Waals surface area contributed by atoms with Gasteiger partial charge in [0.25, 0.3) is 0 Å². The molecular formula is C15H32N2S. The molecule has 0 bridgehead atoms. The van der Waals surface area contributed by atoms with Gasteiger partial charge in [-0.1, -0.05) is 34.6 Å². The maximum Gasteiger partial charge on any atom is 0.0147 e. The fourth-order valence-corrected chi connectivity index (χ4v) is 3.79. The van der Waals surface area contributed by atoms with Crippen LogP contribution >= 0.6 is 11.8 Å². The van der Waals surface area contributed by atoms with Crippen molar-refractivity contribution < 1.29 is 0 Å². The van der Waals surface area contributed by atoms with E-state index in [9.17, 15) is 0 Å². The van der Waals surface area contributed by atoms with Gasteiger partial charge in [-0.15, -0.1) is 0 Å². The SMILES string of the molecule is CCC(CC)(CNC(C)C)CN1CCSC(C)C1. The molecule has 1 unspecified atom stereocenters. The van der Waals surface area contributed by atoms with E-state index in [4.69, 9.17) is 0 Å². The summed E-state index contributed by atoms with van der Waals surface area (Å²) in [4.78, 5) is 2.69. The molecule has 1 N–H and O–H groups in total. The molecule has 0 saturated carbocycles. The lowest BCUT2D eigenvalue weighted by molar-refractivity contribution is 0.135. The first-order valence-corrected chi connectivity index (χ1v) is 8.63. The van der Waals surface area contributed by atoms with Gasteiger partial charge in [0.2, 0.25) is 0 Å². The number of hydrogen-bond acceptors (Lipinski definition) is 3. The van der Waals surface area contributed by atoms with Gasteiger partial charge in [-0.2, -0.15) is 11.8 Å². The molecule has 0 aromatic rings. The van der Waals surface area contributed by atoms with Crippen LogP contribution in [0.25, 0.3) is 0 Å². The van der Waals surface area contributed by atoms with Crippen molar-refractivity contribution in [3.8, 4) is 0 Å². The summed E-state index contributed by atoms with van der Waals surface area (Å²) in [6.45, 7) is 16.5. The van der Waals surface area contributed by atoms with Gasteiger partial charge < -0.3 is 10.2 Å². The number of nitrogens with one attached hydrogen (secondary N) is 1. The Kier molecular flexibility index (Phi) is 7.04. The van der Waals surface area contributed by atoms with Crippen molar-refractivity contribution in [1.29, 1.82) is 0 Å². The van der Waals surface area contributed by atoms with Crippen LogP contribution in [0.5, 0.6) is 0 Å². The van der Waals surface area contributed by atoms with Crippen LogP contribution in [0.2, 0.25) is 0 Å². The fourth-order valence-electron chi connectivity index (χ4n) is 2.71. The van der Waals surface area contributed by atoms with E-state index >= 15 is 0 Å². The molecule has 1 aliphatic rings. The average Bonchev–Trinajstić information content (AvgIpc) is 2.34. The van der Waals surface area contributed by atoms with Gasteiger partial charge in [0.1, 0.15) is 0 Å². The van der Waals surface area contributed by atoms with Crippen LogP contribution in [0.1, 0.15) is 47.5 Å². The lowest BCUT2D eigenvalue weighted by atomic mass is 9.81. The smallest absolute Gasteiger partial charge is 0.0147 e. The van der Waals surface area contributed by atoms with Gasteiger partial charge in [-0.3, -0.25) is 0 Å². The summed E-state index contributed by atoms with van der Waals surface area (Å²) >= 11 is 2.12.